The third kappa shape index (κ3) is 2.94. The molecule has 3 aromatic heterocycles. The van der Waals surface area contributed by atoms with Gasteiger partial charge in [-0.25, -0.2) is 4.98 Å². The number of fused-ring (bicyclic) bond motifs is 4. The zero-order chi connectivity index (χ0) is 23.6. The highest BCUT2D eigenvalue weighted by Crippen LogP contribution is 2.45. The van der Waals surface area contributed by atoms with E-state index in [1.165, 1.54) is 0 Å². The van der Waals surface area contributed by atoms with Gasteiger partial charge in [-0.1, -0.05) is 36.4 Å². The van der Waals surface area contributed by atoms with Crippen molar-refractivity contribution < 1.29 is 9.59 Å². The second kappa shape index (κ2) is 7.30. The monoisotopic (exact) mass is 461 g/mol. The lowest BCUT2D eigenvalue weighted by Crippen LogP contribution is -2.48. The molecule has 172 valence electrons. The third-order valence-corrected chi connectivity index (χ3v) is 7.62. The maximum absolute atomic E-state index is 13.5. The highest BCUT2D eigenvalue weighted by atomic mass is 16.2. The smallest absolute Gasteiger partial charge is 0.270 e. The molecule has 7 heteroatoms. The molecule has 0 unspecified atom stereocenters. The van der Waals surface area contributed by atoms with Crippen molar-refractivity contribution in [2.24, 2.45) is 0 Å². The maximum Gasteiger partial charge on any atom is 0.270 e. The highest BCUT2D eigenvalue weighted by molar-refractivity contribution is 6.07. The van der Waals surface area contributed by atoms with Gasteiger partial charge < -0.3 is 19.6 Å². The van der Waals surface area contributed by atoms with Crippen LogP contribution in [0.1, 0.15) is 28.9 Å². The van der Waals surface area contributed by atoms with Gasteiger partial charge in [-0.05, 0) is 42.7 Å². The topological polar surface area (TPSA) is 82.5 Å². The summed E-state index contributed by atoms with van der Waals surface area (Å²) in [6.45, 7) is 1.08. The Kier molecular flexibility index (Phi) is 4.18. The molecule has 2 amide bonds. The molecule has 0 atom stereocenters. The molecule has 35 heavy (non-hydrogen) atoms. The number of carbonyl (C=O) groups excluding carboxylic acids is 2. The number of anilines is 1. The molecule has 2 aliphatic rings. The predicted molar refractivity (Wildman–Crippen MR) is 134 cm³/mol. The molecular formula is C28H23N5O2. The lowest BCUT2D eigenvalue weighted by molar-refractivity contribution is -0.122. The number of aromatic nitrogens is 3. The minimum absolute atomic E-state index is 0.0289. The van der Waals surface area contributed by atoms with Crippen LogP contribution in [0.4, 0.5) is 5.69 Å². The number of para-hydroxylation sites is 2. The summed E-state index contributed by atoms with van der Waals surface area (Å²) in [5, 5.41) is 4.02. The summed E-state index contributed by atoms with van der Waals surface area (Å²) in [5.74, 6) is 0.0228. The van der Waals surface area contributed by atoms with E-state index in [2.05, 4.69) is 21.4 Å². The summed E-state index contributed by atoms with van der Waals surface area (Å²) in [5.41, 5.74) is 5.91. The normalized spacial score (nSPS) is 16.7. The van der Waals surface area contributed by atoms with Crippen LogP contribution in [-0.2, 0) is 10.2 Å². The molecule has 1 fully saturated rings. The van der Waals surface area contributed by atoms with Gasteiger partial charge in [-0.15, -0.1) is 0 Å². The summed E-state index contributed by atoms with van der Waals surface area (Å²) in [6, 6.07) is 20.0. The number of rotatable bonds is 2. The van der Waals surface area contributed by atoms with Gasteiger partial charge in [0.2, 0.25) is 5.91 Å². The van der Waals surface area contributed by atoms with Crippen molar-refractivity contribution in [3.63, 3.8) is 0 Å². The largest absolute Gasteiger partial charge is 0.350 e. The molecule has 5 aromatic rings. The lowest BCUT2D eigenvalue weighted by atomic mass is 9.73. The first-order chi connectivity index (χ1) is 17.1. The van der Waals surface area contributed by atoms with Crippen molar-refractivity contribution in [3.05, 3.63) is 90.5 Å². The van der Waals surface area contributed by atoms with Crippen LogP contribution in [0.2, 0.25) is 0 Å². The molecule has 2 aliphatic heterocycles. The number of hydrogen-bond acceptors (Lipinski definition) is 3. The lowest BCUT2D eigenvalue weighted by Gasteiger charge is -2.37. The van der Waals surface area contributed by atoms with Crippen molar-refractivity contribution in [2.45, 2.75) is 18.3 Å². The van der Waals surface area contributed by atoms with E-state index >= 15 is 0 Å². The fourth-order valence-electron chi connectivity index (χ4n) is 5.72. The SMILES string of the molecule is O=C(c1cc2cccc(-c3ccc4nccn4c3)c2[nH]1)N1CCC2(CC1)C(=O)Nc1ccccc12. The molecule has 2 aromatic carbocycles. The van der Waals surface area contributed by atoms with Crippen LogP contribution in [0, 0.1) is 0 Å². The molecular weight excluding hydrogens is 438 g/mol. The number of likely N-dealkylation sites (tertiary alicyclic amines) is 1. The van der Waals surface area contributed by atoms with Crippen molar-refractivity contribution in [1.29, 1.82) is 0 Å². The molecule has 0 aliphatic carbocycles. The van der Waals surface area contributed by atoms with Crippen molar-refractivity contribution in [2.75, 3.05) is 18.4 Å². The molecule has 1 saturated heterocycles. The van der Waals surface area contributed by atoms with E-state index in [1.54, 1.807) is 6.20 Å². The van der Waals surface area contributed by atoms with E-state index in [4.69, 9.17) is 0 Å². The van der Waals surface area contributed by atoms with Crippen LogP contribution in [0.5, 0.6) is 0 Å². The quantitative estimate of drug-likeness (QED) is 0.403. The number of carbonyl (C=O) groups is 2. The fraction of sp³-hybridized carbons (Fsp3) is 0.179. The fourth-order valence-corrected chi connectivity index (χ4v) is 5.72. The number of hydrogen-bond donors (Lipinski definition) is 2. The molecule has 5 heterocycles. The second-order valence-electron chi connectivity index (χ2n) is 9.44. The number of H-pyrrole nitrogens is 1. The number of amides is 2. The van der Waals surface area contributed by atoms with Gasteiger partial charge in [0.25, 0.3) is 5.91 Å². The van der Waals surface area contributed by atoms with Gasteiger partial charge in [0.15, 0.2) is 0 Å². The van der Waals surface area contributed by atoms with Crippen LogP contribution >= 0.6 is 0 Å². The van der Waals surface area contributed by atoms with Gasteiger partial charge in [0.1, 0.15) is 11.3 Å². The van der Waals surface area contributed by atoms with Crippen LogP contribution < -0.4 is 5.32 Å². The number of imidazole rings is 1. The Balaban J connectivity index is 1.18. The Morgan fingerprint density at radius 2 is 1.86 bits per heavy atom. The standard InChI is InChI=1S/C28H23N5O2/c34-26(32-13-10-28(11-14-32)21-6-1-2-7-22(21)31-27(28)35)23-16-18-4-3-5-20(25(18)30-23)19-8-9-24-29-12-15-33(24)17-19/h1-9,12,15-17,30H,10-11,13-14H2,(H,31,35). The van der Waals surface area contributed by atoms with Crippen LogP contribution in [-0.4, -0.2) is 44.2 Å². The average Bonchev–Trinajstić information content (AvgIpc) is 3.60. The third-order valence-electron chi connectivity index (χ3n) is 7.62. The number of nitrogens with zero attached hydrogens (tertiary/aromatic N) is 3. The van der Waals surface area contributed by atoms with E-state index in [0.29, 0.717) is 31.6 Å². The number of piperidine rings is 1. The minimum atomic E-state index is -0.535. The Hall–Kier alpha value is -4.39. The van der Waals surface area contributed by atoms with Crippen LogP contribution in [0.15, 0.2) is 79.3 Å². The maximum atomic E-state index is 13.5. The van der Waals surface area contributed by atoms with Crippen molar-refractivity contribution >= 4 is 34.1 Å². The summed E-state index contributed by atoms with van der Waals surface area (Å²) in [4.78, 5) is 35.9. The van der Waals surface area contributed by atoms with Gasteiger partial charge in [-0.3, -0.25) is 9.59 Å². The number of benzene rings is 2. The Morgan fingerprint density at radius 3 is 2.74 bits per heavy atom. The van der Waals surface area contributed by atoms with Crippen molar-refractivity contribution in [1.82, 2.24) is 19.3 Å². The van der Waals surface area contributed by atoms with E-state index in [-0.39, 0.29) is 11.8 Å². The summed E-state index contributed by atoms with van der Waals surface area (Å²) in [6.07, 6.45) is 7.00. The first-order valence-corrected chi connectivity index (χ1v) is 11.9. The van der Waals surface area contributed by atoms with Crippen LogP contribution in [0.25, 0.3) is 27.7 Å². The Labute approximate surface area is 201 Å². The second-order valence-corrected chi connectivity index (χ2v) is 9.44. The minimum Gasteiger partial charge on any atom is -0.350 e. The average molecular weight is 462 g/mol. The van der Waals surface area contributed by atoms with E-state index in [1.807, 2.05) is 76.3 Å². The van der Waals surface area contributed by atoms with E-state index in [0.717, 1.165) is 38.9 Å². The number of aromatic amines is 1. The first kappa shape index (κ1) is 20.0. The summed E-state index contributed by atoms with van der Waals surface area (Å²) >= 11 is 0. The van der Waals surface area contributed by atoms with Gasteiger partial charge >= 0.3 is 0 Å². The number of nitrogens with one attached hydrogen (secondary N) is 2. The predicted octanol–water partition coefficient (Wildman–Crippen LogP) is 4.61. The zero-order valence-electron chi connectivity index (χ0n) is 19.0. The molecule has 2 N–H and O–H groups in total. The Morgan fingerprint density at radius 1 is 1.00 bits per heavy atom. The number of pyridine rings is 1. The first-order valence-electron chi connectivity index (χ1n) is 11.9. The highest BCUT2D eigenvalue weighted by Gasteiger charge is 2.48. The molecule has 7 nitrogen and oxygen atoms in total. The summed E-state index contributed by atoms with van der Waals surface area (Å²) in [7, 11) is 0. The molecule has 7 rings (SSSR count). The Bertz CT molecular complexity index is 1640. The zero-order valence-corrected chi connectivity index (χ0v) is 19.0. The molecule has 0 saturated carbocycles. The van der Waals surface area contributed by atoms with Crippen LogP contribution in [0.3, 0.4) is 0 Å². The van der Waals surface area contributed by atoms with Crippen molar-refractivity contribution in [3.8, 4) is 11.1 Å². The van der Waals surface area contributed by atoms with Gasteiger partial charge in [0, 0.05) is 53.9 Å². The molecule has 0 radical (unpaired) electrons. The van der Waals surface area contributed by atoms with Gasteiger partial charge in [-0.2, -0.15) is 0 Å². The summed E-state index contributed by atoms with van der Waals surface area (Å²) < 4.78 is 1.99. The van der Waals surface area contributed by atoms with Gasteiger partial charge in [0.05, 0.1) is 10.9 Å². The van der Waals surface area contributed by atoms with E-state index in [9.17, 15) is 9.59 Å². The van der Waals surface area contributed by atoms with E-state index < -0.39 is 5.41 Å². The molecule has 0 bridgehead atoms. The molecule has 1 spiro atoms.